The molecule has 7 N–H and O–H groups in total. The van der Waals surface area contributed by atoms with Crippen LogP contribution in [0.25, 0.3) is 0 Å². The predicted octanol–water partition coefficient (Wildman–Crippen LogP) is 1.73. The number of carboxylic acids is 1. The molecule has 1 amide bonds. The average Bonchev–Trinajstić information content (AvgIpc) is 3.39. The Morgan fingerprint density at radius 3 is 2.51 bits per heavy atom. The molecule has 45 heavy (non-hydrogen) atoms. The summed E-state index contributed by atoms with van der Waals surface area (Å²) in [5.41, 5.74) is -2.13. The fourth-order valence-corrected chi connectivity index (χ4v) is 7.46. The first-order valence-corrected chi connectivity index (χ1v) is 15.3. The maximum Gasteiger partial charge on any atom is 0.339 e. The topological polar surface area (TPSA) is 212 Å². The third-order valence-corrected chi connectivity index (χ3v) is 10.5. The number of nitrogens with one attached hydrogen (secondary N) is 1. The van der Waals surface area contributed by atoms with E-state index >= 15 is 0 Å². The van der Waals surface area contributed by atoms with E-state index in [2.05, 4.69) is 19.2 Å². The number of carboxylic acid groups (broad SMARTS) is 1. The summed E-state index contributed by atoms with van der Waals surface area (Å²) in [6, 6.07) is 2.13. The molecule has 3 aliphatic heterocycles. The van der Waals surface area contributed by atoms with Crippen LogP contribution in [0.3, 0.4) is 0 Å². The summed E-state index contributed by atoms with van der Waals surface area (Å²) in [4.78, 5) is 38.1. The molecule has 6 rings (SSSR count). The highest BCUT2D eigenvalue weighted by molar-refractivity contribution is 6.00. The van der Waals surface area contributed by atoms with E-state index in [1.54, 1.807) is 19.9 Å². The van der Waals surface area contributed by atoms with Crippen LogP contribution in [0, 0.1) is 22.7 Å². The lowest BCUT2D eigenvalue weighted by molar-refractivity contribution is -0.277. The van der Waals surface area contributed by atoms with Crippen molar-refractivity contribution >= 4 is 23.3 Å². The number of hydrogen-bond donors (Lipinski definition) is 7. The van der Waals surface area contributed by atoms with Crippen molar-refractivity contribution in [3.05, 3.63) is 29.8 Å². The lowest BCUT2D eigenvalue weighted by Gasteiger charge is -2.44. The maximum absolute atomic E-state index is 13.3. The maximum atomic E-state index is 13.3. The van der Waals surface area contributed by atoms with Crippen LogP contribution in [-0.2, 0) is 19.1 Å². The van der Waals surface area contributed by atoms with Crippen molar-refractivity contribution in [2.45, 2.75) is 102 Å². The lowest BCUT2D eigenvalue weighted by atomic mass is 9.66. The highest BCUT2D eigenvalue weighted by Gasteiger charge is 2.65. The van der Waals surface area contributed by atoms with Gasteiger partial charge in [0.25, 0.3) is 0 Å². The van der Waals surface area contributed by atoms with Gasteiger partial charge in [-0.05, 0) is 68.1 Å². The molecule has 5 aliphatic rings. The Morgan fingerprint density at radius 1 is 1.16 bits per heavy atom. The second kappa shape index (κ2) is 11.9. The number of aromatic carboxylic acids is 1. The lowest BCUT2D eigenvalue weighted by Crippen LogP contribution is -2.60. The molecule has 2 aliphatic carbocycles. The standard InChI is InChI=1S/C32H43NO12/c1-15-19-11-16-12-32(15,14-31(16,4)45-19)10-7-21(35)30(2,3)9-8-22(36)33-23-18(6-5-17(24(23)37)28(41)42)43-29-27(40)26(39)25(38)20(13-34)44-29/h5-7,10,15-16,19-20,25-27,29,34,37-40H,8-9,11-14H2,1-4H3,(H,33,36)(H,41,42)/b10-7+/t15?,16-,19+,20?,25?,26?,27?,29?,31+,32-/m1/s1. The van der Waals surface area contributed by atoms with Crippen molar-refractivity contribution in [2.75, 3.05) is 11.9 Å². The van der Waals surface area contributed by atoms with E-state index in [-0.39, 0.29) is 41.5 Å². The summed E-state index contributed by atoms with van der Waals surface area (Å²) in [5, 5.41) is 62.6. The summed E-state index contributed by atoms with van der Waals surface area (Å²) < 4.78 is 17.2. The molecule has 2 saturated carbocycles. The number of benzene rings is 1. The fourth-order valence-electron chi connectivity index (χ4n) is 7.46. The Kier molecular flexibility index (Phi) is 8.83. The molecule has 0 spiro atoms. The van der Waals surface area contributed by atoms with Gasteiger partial charge in [-0.1, -0.05) is 26.8 Å². The number of ketones is 1. The summed E-state index contributed by atoms with van der Waals surface area (Å²) in [7, 11) is 0. The number of allylic oxidation sites excluding steroid dienone is 2. The smallest absolute Gasteiger partial charge is 0.339 e. The number of aromatic hydroxyl groups is 1. The Labute approximate surface area is 260 Å². The van der Waals surface area contributed by atoms with Crippen molar-refractivity contribution < 1.29 is 59.2 Å². The van der Waals surface area contributed by atoms with E-state index in [0.717, 1.165) is 31.4 Å². The van der Waals surface area contributed by atoms with Crippen LogP contribution in [0.1, 0.15) is 70.2 Å². The van der Waals surface area contributed by atoms with Gasteiger partial charge in [0.05, 0.1) is 18.3 Å². The van der Waals surface area contributed by atoms with Gasteiger partial charge >= 0.3 is 5.97 Å². The second-order valence-corrected chi connectivity index (χ2v) is 13.9. The number of ether oxygens (including phenoxy) is 3. The van der Waals surface area contributed by atoms with Gasteiger partial charge in [0.15, 0.2) is 11.5 Å². The highest BCUT2D eigenvalue weighted by Crippen LogP contribution is 2.66. The summed E-state index contributed by atoms with van der Waals surface area (Å²) >= 11 is 0. The third kappa shape index (κ3) is 5.97. The largest absolute Gasteiger partial charge is 0.505 e. The van der Waals surface area contributed by atoms with Crippen molar-refractivity contribution in [3.63, 3.8) is 0 Å². The van der Waals surface area contributed by atoms with Crippen LogP contribution in [0.15, 0.2) is 24.3 Å². The van der Waals surface area contributed by atoms with Gasteiger partial charge in [-0.25, -0.2) is 4.79 Å². The number of amides is 1. The number of anilines is 1. The van der Waals surface area contributed by atoms with E-state index in [9.17, 15) is 45.0 Å². The third-order valence-electron chi connectivity index (χ3n) is 10.5. The van der Waals surface area contributed by atoms with Crippen molar-refractivity contribution in [2.24, 2.45) is 22.7 Å². The Morgan fingerprint density at radius 2 is 1.87 bits per heavy atom. The van der Waals surface area contributed by atoms with Crippen LogP contribution >= 0.6 is 0 Å². The number of phenols is 1. The molecule has 10 atom stereocenters. The monoisotopic (exact) mass is 633 g/mol. The molecule has 0 radical (unpaired) electrons. The van der Waals surface area contributed by atoms with Gasteiger partial charge in [-0.3, -0.25) is 9.59 Å². The normalized spacial score (nSPS) is 37.2. The molecule has 3 heterocycles. The SMILES string of the molecule is CC1[C@@H]2C[C@@H]3C[C@]1(/C=C/C(=O)C(C)(C)CCC(=O)Nc1c(OC4OC(CO)C(O)C(O)C4O)ccc(C(=O)O)c1O)C[C@]3(C)O2. The van der Waals surface area contributed by atoms with Crippen molar-refractivity contribution in [3.8, 4) is 11.5 Å². The molecule has 4 bridgehead atoms. The predicted molar refractivity (Wildman–Crippen MR) is 157 cm³/mol. The first kappa shape index (κ1) is 33.3. The molecule has 5 fully saturated rings. The van der Waals surface area contributed by atoms with E-state index in [4.69, 9.17) is 14.2 Å². The number of rotatable bonds is 11. The van der Waals surface area contributed by atoms with E-state index in [1.165, 1.54) is 0 Å². The van der Waals surface area contributed by atoms with E-state index in [0.29, 0.717) is 11.8 Å². The average molecular weight is 634 g/mol. The fraction of sp³-hybridized carbons (Fsp3) is 0.656. The van der Waals surface area contributed by atoms with Gasteiger partial charge in [0.1, 0.15) is 41.4 Å². The van der Waals surface area contributed by atoms with Crippen LogP contribution in [0.5, 0.6) is 11.5 Å². The van der Waals surface area contributed by atoms with Crippen molar-refractivity contribution in [1.82, 2.24) is 0 Å². The summed E-state index contributed by atoms with van der Waals surface area (Å²) in [6.07, 6.45) is -1.35. The second-order valence-electron chi connectivity index (χ2n) is 13.9. The molecule has 13 nitrogen and oxygen atoms in total. The molecular weight excluding hydrogens is 590 g/mol. The van der Waals surface area contributed by atoms with Gasteiger partial charge in [-0.15, -0.1) is 0 Å². The number of carbonyl (C=O) groups excluding carboxylic acids is 2. The van der Waals surface area contributed by atoms with Crippen LogP contribution in [0.2, 0.25) is 0 Å². The molecule has 1 aromatic carbocycles. The Balaban J connectivity index is 1.26. The van der Waals surface area contributed by atoms with Crippen LogP contribution in [-0.4, -0.2) is 97.3 Å². The van der Waals surface area contributed by atoms with Gasteiger partial charge in [-0.2, -0.15) is 0 Å². The van der Waals surface area contributed by atoms with Crippen molar-refractivity contribution in [1.29, 1.82) is 0 Å². The summed E-state index contributed by atoms with van der Waals surface area (Å²) in [5.74, 6) is -2.62. The highest BCUT2D eigenvalue weighted by atomic mass is 16.7. The van der Waals surface area contributed by atoms with Gasteiger partial charge in [0.2, 0.25) is 12.2 Å². The molecule has 13 heteroatoms. The first-order valence-electron chi connectivity index (χ1n) is 15.3. The zero-order valence-electron chi connectivity index (χ0n) is 25.8. The zero-order valence-corrected chi connectivity index (χ0v) is 25.8. The molecule has 6 unspecified atom stereocenters. The van der Waals surface area contributed by atoms with E-state index in [1.807, 2.05) is 6.08 Å². The number of carbonyl (C=O) groups is 3. The van der Waals surface area contributed by atoms with Gasteiger partial charge < -0.3 is 50.2 Å². The van der Waals surface area contributed by atoms with Gasteiger partial charge in [0, 0.05) is 11.8 Å². The Hall–Kier alpha value is -3.07. The number of aliphatic hydroxyl groups excluding tert-OH is 4. The molecule has 0 aromatic heterocycles. The number of hydrogen-bond acceptors (Lipinski definition) is 11. The minimum atomic E-state index is -1.79. The molecular formula is C32H43NO12. The minimum Gasteiger partial charge on any atom is -0.505 e. The Bertz CT molecular complexity index is 1380. The zero-order chi connectivity index (χ0) is 33.1. The van der Waals surface area contributed by atoms with E-state index < -0.39 is 71.6 Å². The quantitative estimate of drug-likeness (QED) is 0.137. The first-order chi connectivity index (χ1) is 21.0. The van der Waals surface area contributed by atoms with Crippen LogP contribution in [0.4, 0.5) is 5.69 Å². The molecule has 1 aromatic rings. The molecule has 3 saturated heterocycles. The minimum absolute atomic E-state index is 0.0895. The molecule has 248 valence electrons. The summed E-state index contributed by atoms with van der Waals surface area (Å²) in [6.45, 7) is 7.11. The van der Waals surface area contributed by atoms with Crippen LogP contribution < -0.4 is 10.1 Å². The number of aliphatic hydroxyl groups is 4.